The van der Waals surface area contributed by atoms with Crippen molar-refractivity contribution in [3.05, 3.63) is 21.2 Å². The van der Waals surface area contributed by atoms with Gasteiger partial charge in [0.2, 0.25) is 0 Å². The third-order valence-electron chi connectivity index (χ3n) is 2.08. The lowest BCUT2D eigenvalue weighted by atomic mass is 10.2. The summed E-state index contributed by atoms with van der Waals surface area (Å²) in [4.78, 5) is 13.6. The summed E-state index contributed by atoms with van der Waals surface area (Å²) in [7, 11) is 0. The largest absolute Gasteiger partial charge is 0.385 e. The lowest BCUT2D eigenvalue weighted by molar-refractivity contribution is 0.593. The number of nitrogens with two attached hydrogens (primary N) is 1. The molecule has 15 heavy (non-hydrogen) atoms. The Bertz CT molecular complexity index is 426. The molecule has 0 aliphatic carbocycles. The zero-order valence-electron chi connectivity index (χ0n) is 8.33. The average Bonchev–Trinajstić information content (AvgIpc) is 2.15. The maximum Gasteiger partial charge on any atom is 0.253 e. The number of alkyl halides is 1. The van der Waals surface area contributed by atoms with Crippen LogP contribution in [-0.2, 0) is 6.54 Å². The fourth-order valence-corrected chi connectivity index (χ4v) is 2.00. The predicted octanol–water partition coefficient (Wildman–Crippen LogP) is 2.05. The van der Waals surface area contributed by atoms with Gasteiger partial charge in [-0.25, -0.2) is 0 Å². The molecule has 0 saturated heterocycles. The summed E-state index contributed by atoms with van der Waals surface area (Å²) in [6.45, 7) is 0.758. The quantitative estimate of drug-likeness (QED) is 0.496. The molecule has 0 bridgehead atoms. The smallest absolute Gasteiger partial charge is 0.253 e. The first-order valence-electron chi connectivity index (χ1n) is 4.80. The molecule has 1 aromatic rings. The van der Waals surface area contributed by atoms with Gasteiger partial charge in [0.05, 0.1) is 0 Å². The van der Waals surface area contributed by atoms with Crippen molar-refractivity contribution in [2.24, 2.45) is 0 Å². The first-order chi connectivity index (χ1) is 7.15. The molecule has 0 aliphatic heterocycles. The van der Waals surface area contributed by atoms with E-state index in [4.69, 9.17) is 18.0 Å². The van der Waals surface area contributed by atoms with Crippen molar-refractivity contribution >= 4 is 34.0 Å². The molecule has 1 aromatic heterocycles. The van der Waals surface area contributed by atoms with Crippen molar-refractivity contribution in [1.82, 2.24) is 9.55 Å². The van der Waals surface area contributed by atoms with Crippen molar-refractivity contribution in [2.75, 3.05) is 11.1 Å². The van der Waals surface area contributed by atoms with E-state index < -0.39 is 0 Å². The first kappa shape index (κ1) is 12.4. The van der Waals surface area contributed by atoms with Crippen molar-refractivity contribution in [3.63, 3.8) is 0 Å². The molecule has 1 rings (SSSR count). The number of aromatic nitrogens is 2. The highest BCUT2D eigenvalue weighted by molar-refractivity contribution is 9.09. The second kappa shape index (κ2) is 6.07. The number of nitrogens with zero attached hydrogens (tertiary/aromatic N) is 1. The SMILES string of the molecule is Nc1cc(=O)[nH]c(=S)n1CCCCCBr. The number of aromatic amines is 1. The van der Waals surface area contributed by atoms with Gasteiger partial charge < -0.3 is 10.3 Å². The molecule has 0 aromatic carbocycles. The van der Waals surface area contributed by atoms with Crippen LogP contribution in [0.5, 0.6) is 0 Å². The predicted molar refractivity (Wildman–Crippen MR) is 67.9 cm³/mol. The Morgan fingerprint density at radius 2 is 2.20 bits per heavy atom. The summed E-state index contributed by atoms with van der Waals surface area (Å²) in [6, 6.07) is 1.36. The minimum Gasteiger partial charge on any atom is -0.385 e. The van der Waals surface area contributed by atoms with Crippen molar-refractivity contribution in [2.45, 2.75) is 25.8 Å². The molecule has 0 spiro atoms. The second-order valence-corrected chi connectivity index (χ2v) is 4.44. The molecule has 6 heteroatoms. The molecule has 0 saturated carbocycles. The van der Waals surface area contributed by atoms with E-state index in [1.807, 2.05) is 0 Å². The Labute approximate surface area is 102 Å². The Balaban J connectivity index is 2.69. The zero-order chi connectivity index (χ0) is 11.3. The number of anilines is 1. The van der Waals surface area contributed by atoms with Gasteiger partial charge in [-0.2, -0.15) is 0 Å². The third kappa shape index (κ3) is 3.79. The van der Waals surface area contributed by atoms with Crippen LogP contribution in [0, 0.1) is 4.77 Å². The average molecular weight is 292 g/mol. The van der Waals surface area contributed by atoms with Crippen LogP contribution in [0.2, 0.25) is 0 Å². The van der Waals surface area contributed by atoms with Gasteiger partial charge in [0.25, 0.3) is 5.56 Å². The van der Waals surface area contributed by atoms with Gasteiger partial charge in [0.15, 0.2) is 4.77 Å². The van der Waals surface area contributed by atoms with Crippen LogP contribution in [-0.4, -0.2) is 14.9 Å². The van der Waals surface area contributed by atoms with Gasteiger partial charge >= 0.3 is 0 Å². The van der Waals surface area contributed by atoms with Crippen LogP contribution in [0.1, 0.15) is 19.3 Å². The van der Waals surface area contributed by atoms with Gasteiger partial charge in [-0.15, -0.1) is 0 Å². The number of H-pyrrole nitrogens is 1. The molecule has 0 amide bonds. The standard InChI is InChI=1S/C9H14BrN3OS/c10-4-2-1-3-5-13-7(11)6-8(14)12-9(13)15/h6H,1-5,11H2,(H,12,14,15). The van der Waals surface area contributed by atoms with Gasteiger partial charge in [-0.3, -0.25) is 9.78 Å². The van der Waals surface area contributed by atoms with Crippen LogP contribution < -0.4 is 11.3 Å². The molecule has 3 N–H and O–H groups in total. The van der Waals surface area contributed by atoms with Crippen LogP contribution in [0.3, 0.4) is 0 Å². The third-order valence-corrected chi connectivity index (χ3v) is 2.96. The van der Waals surface area contributed by atoms with Crippen LogP contribution >= 0.6 is 28.1 Å². The molecule has 1 heterocycles. The fourth-order valence-electron chi connectivity index (χ4n) is 1.31. The number of nitrogens with one attached hydrogen (secondary N) is 1. The Hall–Kier alpha value is -0.620. The molecular weight excluding hydrogens is 278 g/mol. The molecule has 0 aliphatic rings. The molecule has 0 radical (unpaired) electrons. The zero-order valence-corrected chi connectivity index (χ0v) is 10.7. The number of nitrogen functional groups attached to an aromatic ring is 1. The van der Waals surface area contributed by atoms with E-state index in [0.717, 1.165) is 31.1 Å². The normalized spacial score (nSPS) is 10.5. The number of hydrogen-bond donors (Lipinski definition) is 2. The molecule has 0 unspecified atom stereocenters. The highest BCUT2D eigenvalue weighted by Gasteiger charge is 1.99. The topological polar surface area (TPSA) is 63.8 Å². The highest BCUT2D eigenvalue weighted by atomic mass is 79.9. The Morgan fingerprint density at radius 3 is 2.80 bits per heavy atom. The van der Waals surface area contributed by atoms with E-state index in [1.165, 1.54) is 6.07 Å². The summed E-state index contributed by atoms with van der Waals surface area (Å²) in [5, 5.41) is 1.01. The van der Waals surface area contributed by atoms with Crippen molar-refractivity contribution in [1.29, 1.82) is 0 Å². The number of hydrogen-bond acceptors (Lipinski definition) is 3. The second-order valence-electron chi connectivity index (χ2n) is 3.26. The van der Waals surface area contributed by atoms with Gasteiger partial charge in [-0.05, 0) is 25.1 Å². The molecule has 4 nitrogen and oxygen atoms in total. The van der Waals surface area contributed by atoms with Crippen molar-refractivity contribution < 1.29 is 0 Å². The maximum atomic E-state index is 11.0. The number of rotatable bonds is 5. The Kier molecular flexibility index (Phi) is 5.04. The van der Waals surface area contributed by atoms with Crippen LogP contribution in [0.15, 0.2) is 10.9 Å². The maximum absolute atomic E-state index is 11.0. The highest BCUT2D eigenvalue weighted by Crippen LogP contribution is 2.05. The van der Waals surface area contributed by atoms with E-state index in [1.54, 1.807) is 4.57 Å². The molecule has 0 fully saturated rings. The summed E-state index contributed by atoms with van der Waals surface area (Å²) in [5.41, 5.74) is 5.46. The fraction of sp³-hybridized carbons (Fsp3) is 0.556. The van der Waals surface area contributed by atoms with Gasteiger partial charge in [0.1, 0.15) is 5.82 Å². The lowest BCUT2D eigenvalue weighted by Gasteiger charge is -2.09. The van der Waals surface area contributed by atoms with E-state index in [-0.39, 0.29) is 5.56 Å². The van der Waals surface area contributed by atoms with E-state index >= 15 is 0 Å². The Morgan fingerprint density at radius 1 is 1.47 bits per heavy atom. The lowest BCUT2D eigenvalue weighted by Crippen LogP contribution is -2.16. The van der Waals surface area contributed by atoms with Gasteiger partial charge in [-0.1, -0.05) is 22.4 Å². The minimum absolute atomic E-state index is 0.241. The summed E-state index contributed by atoms with van der Waals surface area (Å²) in [6.07, 6.45) is 3.26. The van der Waals surface area contributed by atoms with E-state index in [9.17, 15) is 4.79 Å². The van der Waals surface area contributed by atoms with Gasteiger partial charge in [0, 0.05) is 17.9 Å². The van der Waals surface area contributed by atoms with E-state index in [2.05, 4.69) is 20.9 Å². The first-order valence-corrected chi connectivity index (χ1v) is 6.33. The van der Waals surface area contributed by atoms with Crippen molar-refractivity contribution in [3.8, 4) is 0 Å². The number of unbranched alkanes of at least 4 members (excludes halogenated alkanes) is 2. The molecule has 0 atom stereocenters. The van der Waals surface area contributed by atoms with Crippen LogP contribution in [0.25, 0.3) is 0 Å². The summed E-state index contributed by atoms with van der Waals surface area (Å²) < 4.78 is 2.16. The van der Waals surface area contributed by atoms with Crippen LogP contribution in [0.4, 0.5) is 5.82 Å². The molecule has 84 valence electrons. The monoisotopic (exact) mass is 291 g/mol. The molecular formula is C9H14BrN3OS. The van der Waals surface area contributed by atoms with E-state index in [0.29, 0.717) is 10.6 Å². The minimum atomic E-state index is -0.241. The number of halogens is 1. The summed E-state index contributed by atoms with van der Waals surface area (Å²) >= 11 is 8.40. The summed E-state index contributed by atoms with van der Waals surface area (Å²) in [5.74, 6) is 0.433.